The summed E-state index contributed by atoms with van der Waals surface area (Å²) < 4.78 is 0. The maximum absolute atomic E-state index is 12.7. The second-order valence-corrected chi connectivity index (χ2v) is 7.39. The van der Waals surface area contributed by atoms with Crippen molar-refractivity contribution in [3.8, 4) is 0 Å². The van der Waals surface area contributed by atoms with Crippen LogP contribution in [0.5, 0.6) is 0 Å². The molecular formula is C16H19N3O2S2. The molecule has 3 rings (SSSR count). The van der Waals surface area contributed by atoms with Crippen LogP contribution in [0.2, 0.25) is 0 Å². The average molecular weight is 349 g/mol. The third-order valence-electron chi connectivity index (χ3n) is 3.73. The Kier molecular flexibility index (Phi) is 5.22. The van der Waals surface area contributed by atoms with Gasteiger partial charge in [0.25, 0.3) is 5.91 Å². The van der Waals surface area contributed by atoms with E-state index in [4.69, 9.17) is 5.11 Å². The molecule has 0 saturated carbocycles. The molecule has 5 nitrogen and oxygen atoms in total. The molecule has 0 aromatic carbocycles. The number of nitrogens with zero attached hydrogens (tertiary/aromatic N) is 3. The van der Waals surface area contributed by atoms with Gasteiger partial charge in [-0.15, -0.1) is 22.7 Å². The first-order valence-electron chi connectivity index (χ1n) is 7.45. The molecule has 0 bridgehead atoms. The van der Waals surface area contributed by atoms with Crippen molar-refractivity contribution < 1.29 is 9.90 Å². The van der Waals surface area contributed by atoms with Gasteiger partial charge in [0, 0.05) is 17.8 Å². The maximum atomic E-state index is 12.7. The molecule has 1 amide bonds. The van der Waals surface area contributed by atoms with E-state index in [1.54, 1.807) is 27.7 Å². The zero-order valence-corrected chi connectivity index (χ0v) is 14.5. The topological polar surface area (TPSA) is 56.1 Å². The van der Waals surface area contributed by atoms with Gasteiger partial charge in [0.15, 0.2) is 0 Å². The van der Waals surface area contributed by atoms with Gasteiger partial charge in [0.05, 0.1) is 29.8 Å². The summed E-state index contributed by atoms with van der Waals surface area (Å²) in [7, 11) is 1.83. The minimum Gasteiger partial charge on any atom is -0.395 e. The van der Waals surface area contributed by atoms with Crippen molar-refractivity contribution in [3.05, 3.63) is 44.8 Å². The largest absolute Gasteiger partial charge is 0.395 e. The Hall–Kier alpha value is -1.54. The zero-order valence-electron chi connectivity index (χ0n) is 12.9. The Bertz CT molecular complexity index is 668. The monoisotopic (exact) mass is 349 g/mol. The van der Waals surface area contributed by atoms with Crippen molar-refractivity contribution in [2.24, 2.45) is 5.10 Å². The van der Waals surface area contributed by atoms with E-state index in [1.807, 2.05) is 40.9 Å². The van der Waals surface area contributed by atoms with Gasteiger partial charge in [-0.3, -0.25) is 9.69 Å². The van der Waals surface area contributed by atoms with Crippen LogP contribution in [0, 0.1) is 0 Å². The first kappa shape index (κ1) is 16.3. The predicted octanol–water partition coefficient (Wildman–Crippen LogP) is 2.41. The van der Waals surface area contributed by atoms with Gasteiger partial charge in [-0.25, -0.2) is 5.01 Å². The summed E-state index contributed by atoms with van der Waals surface area (Å²) in [6.07, 6.45) is 0.747. The SMILES string of the molecule is CN(CCO)CC(=O)N1N=C(c2cccs2)CC1c1cccs1. The highest BCUT2D eigenvalue weighted by Gasteiger charge is 2.34. The van der Waals surface area contributed by atoms with Gasteiger partial charge in [-0.1, -0.05) is 12.1 Å². The number of carbonyl (C=O) groups excluding carboxylic acids is 1. The fourth-order valence-electron chi connectivity index (χ4n) is 2.59. The normalized spacial score (nSPS) is 17.8. The fourth-order valence-corrected chi connectivity index (χ4v) is 4.12. The molecule has 1 N–H and O–H groups in total. The van der Waals surface area contributed by atoms with E-state index in [1.165, 1.54) is 0 Å². The summed E-state index contributed by atoms with van der Waals surface area (Å²) >= 11 is 3.30. The number of aliphatic hydroxyl groups excluding tert-OH is 1. The number of carbonyl (C=O) groups is 1. The van der Waals surface area contributed by atoms with Crippen LogP contribution in [0.15, 0.2) is 40.1 Å². The Balaban J connectivity index is 1.81. The Morgan fingerprint density at radius 1 is 1.39 bits per heavy atom. The second kappa shape index (κ2) is 7.35. The van der Waals surface area contributed by atoms with Crippen LogP contribution < -0.4 is 0 Å². The van der Waals surface area contributed by atoms with Crippen molar-refractivity contribution in [1.29, 1.82) is 0 Å². The number of aliphatic hydroxyl groups is 1. The molecule has 2 aromatic rings. The van der Waals surface area contributed by atoms with Crippen molar-refractivity contribution in [2.45, 2.75) is 12.5 Å². The molecular weight excluding hydrogens is 330 g/mol. The van der Waals surface area contributed by atoms with E-state index in [-0.39, 0.29) is 25.1 Å². The number of rotatable bonds is 6. The lowest BCUT2D eigenvalue weighted by Crippen LogP contribution is -2.37. The predicted molar refractivity (Wildman–Crippen MR) is 94.0 cm³/mol. The Morgan fingerprint density at radius 3 is 2.83 bits per heavy atom. The van der Waals surface area contributed by atoms with E-state index < -0.39 is 0 Å². The molecule has 1 aliphatic heterocycles. The van der Waals surface area contributed by atoms with E-state index in [2.05, 4.69) is 11.2 Å². The third kappa shape index (κ3) is 3.69. The lowest BCUT2D eigenvalue weighted by Gasteiger charge is -2.23. The van der Waals surface area contributed by atoms with E-state index in [0.717, 1.165) is 21.9 Å². The first-order valence-corrected chi connectivity index (χ1v) is 9.21. The molecule has 1 aliphatic rings. The molecule has 122 valence electrons. The maximum Gasteiger partial charge on any atom is 0.257 e. The summed E-state index contributed by atoms with van der Waals surface area (Å²) in [4.78, 5) is 16.7. The van der Waals surface area contributed by atoms with Crippen LogP contribution in [-0.2, 0) is 4.79 Å². The highest BCUT2D eigenvalue weighted by molar-refractivity contribution is 7.12. The van der Waals surface area contributed by atoms with Crippen LogP contribution >= 0.6 is 22.7 Å². The molecule has 1 unspecified atom stereocenters. The van der Waals surface area contributed by atoms with Gasteiger partial charge >= 0.3 is 0 Å². The highest BCUT2D eigenvalue weighted by Crippen LogP contribution is 2.35. The van der Waals surface area contributed by atoms with Gasteiger partial charge < -0.3 is 5.11 Å². The number of hydrogen-bond donors (Lipinski definition) is 1. The number of thiophene rings is 2. The van der Waals surface area contributed by atoms with Gasteiger partial charge in [-0.05, 0) is 29.9 Å². The summed E-state index contributed by atoms with van der Waals surface area (Å²) in [5.41, 5.74) is 0.969. The molecule has 0 fully saturated rings. The molecule has 0 spiro atoms. The minimum atomic E-state index is -0.0362. The van der Waals surface area contributed by atoms with Gasteiger partial charge in [-0.2, -0.15) is 5.10 Å². The number of hydrazone groups is 1. The third-order valence-corrected chi connectivity index (χ3v) is 5.62. The minimum absolute atomic E-state index is 0.0258. The Morgan fingerprint density at radius 2 is 2.17 bits per heavy atom. The lowest BCUT2D eigenvalue weighted by molar-refractivity contribution is -0.133. The molecule has 23 heavy (non-hydrogen) atoms. The molecule has 0 radical (unpaired) electrons. The van der Waals surface area contributed by atoms with Crippen molar-refractivity contribution >= 4 is 34.3 Å². The average Bonchev–Trinajstić information content (AvgIpc) is 3.27. The highest BCUT2D eigenvalue weighted by atomic mass is 32.1. The van der Waals surface area contributed by atoms with E-state index >= 15 is 0 Å². The number of amides is 1. The van der Waals surface area contributed by atoms with Crippen molar-refractivity contribution in [3.63, 3.8) is 0 Å². The van der Waals surface area contributed by atoms with Crippen LogP contribution in [0.25, 0.3) is 0 Å². The van der Waals surface area contributed by atoms with Crippen molar-refractivity contribution in [2.75, 3.05) is 26.7 Å². The van der Waals surface area contributed by atoms with Crippen LogP contribution in [0.4, 0.5) is 0 Å². The van der Waals surface area contributed by atoms with Gasteiger partial charge in [0.1, 0.15) is 0 Å². The van der Waals surface area contributed by atoms with E-state index in [9.17, 15) is 4.79 Å². The smallest absolute Gasteiger partial charge is 0.257 e. The lowest BCUT2D eigenvalue weighted by atomic mass is 10.1. The molecule has 7 heteroatoms. The van der Waals surface area contributed by atoms with Crippen LogP contribution in [0.1, 0.15) is 22.2 Å². The first-order chi connectivity index (χ1) is 11.2. The molecule has 3 heterocycles. The van der Waals surface area contributed by atoms with Gasteiger partial charge in [0.2, 0.25) is 0 Å². The standard InChI is InChI=1S/C16H19N3O2S2/c1-18(6-7-20)11-16(21)19-13(15-5-3-9-23-15)10-12(17-19)14-4-2-8-22-14/h2-5,8-9,13,20H,6-7,10-11H2,1H3. The molecule has 2 aromatic heterocycles. The summed E-state index contributed by atoms with van der Waals surface area (Å²) in [5.74, 6) is -0.0362. The van der Waals surface area contributed by atoms with Crippen LogP contribution in [-0.4, -0.2) is 53.4 Å². The molecule has 0 aliphatic carbocycles. The molecule has 0 saturated heterocycles. The summed E-state index contributed by atoms with van der Waals surface area (Å²) in [6, 6.07) is 8.08. The van der Waals surface area contributed by atoms with Crippen LogP contribution in [0.3, 0.4) is 0 Å². The molecule has 1 atom stereocenters. The summed E-state index contributed by atoms with van der Waals surface area (Å²) in [6.45, 7) is 0.774. The van der Waals surface area contributed by atoms with Crippen molar-refractivity contribution in [1.82, 2.24) is 9.91 Å². The summed E-state index contributed by atoms with van der Waals surface area (Å²) in [5, 5.41) is 19.3. The quantitative estimate of drug-likeness (QED) is 0.871. The fraction of sp³-hybridized carbons (Fsp3) is 0.375. The number of likely N-dealkylation sites (N-methyl/N-ethyl adjacent to an activating group) is 1. The zero-order chi connectivity index (χ0) is 16.2. The second-order valence-electron chi connectivity index (χ2n) is 5.46. The Labute approximate surface area is 143 Å². The van der Waals surface area contributed by atoms with E-state index in [0.29, 0.717) is 6.54 Å². The number of hydrogen-bond acceptors (Lipinski definition) is 6.